The van der Waals surface area contributed by atoms with Crippen LogP contribution in [0.3, 0.4) is 0 Å². The van der Waals surface area contributed by atoms with Crippen LogP contribution in [0.1, 0.15) is 10.5 Å². The van der Waals surface area contributed by atoms with Crippen molar-refractivity contribution in [2.45, 2.75) is 4.34 Å². The molecule has 114 valence electrons. The number of rotatable bonds is 5. The molecule has 0 unspecified atom stereocenters. The molecule has 0 saturated heterocycles. The normalized spacial score (nSPS) is 11.0. The Morgan fingerprint density at radius 1 is 1.41 bits per heavy atom. The Kier molecular flexibility index (Phi) is 4.72. The summed E-state index contributed by atoms with van der Waals surface area (Å²) in [5.74, 6) is 0.225. The minimum atomic E-state index is -0.288. The van der Waals surface area contributed by atoms with Crippen LogP contribution in [0.4, 0.5) is 9.39 Å². The van der Waals surface area contributed by atoms with Gasteiger partial charge >= 0.3 is 0 Å². The Morgan fingerprint density at radius 3 is 3.09 bits per heavy atom. The number of hydrogen-bond donors (Lipinski definition) is 2. The summed E-state index contributed by atoms with van der Waals surface area (Å²) in [4.78, 5) is 16.4. The number of fused-ring (bicyclic) bond motifs is 1. The first-order valence-corrected chi connectivity index (χ1v) is 9.13. The van der Waals surface area contributed by atoms with E-state index in [1.807, 2.05) is 0 Å². The molecule has 22 heavy (non-hydrogen) atoms. The van der Waals surface area contributed by atoms with E-state index in [2.05, 4.69) is 10.3 Å². The Labute approximate surface area is 138 Å². The molecule has 2 aromatic heterocycles. The first-order valence-electron chi connectivity index (χ1n) is 6.44. The number of benzene rings is 1. The standard InChI is InChI=1S/C14H12FN3OS3/c15-9-1-2-11-8(5-9)6-12(22-11)18-13(19)10-7-21-14(17-10)20-4-3-16/h1-2,5-7H,3-4,16H2,(H,18,19). The number of amides is 1. The SMILES string of the molecule is NCCSc1nc(C(=O)Nc2cc3cc(F)ccc3s2)cs1. The van der Waals surface area contributed by atoms with Gasteiger partial charge in [-0.15, -0.1) is 22.7 Å². The highest BCUT2D eigenvalue weighted by Gasteiger charge is 2.13. The third kappa shape index (κ3) is 3.46. The van der Waals surface area contributed by atoms with Crippen molar-refractivity contribution < 1.29 is 9.18 Å². The van der Waals surface area contributed by atoms with Crippen molar-refractivity contribution in [3.05, 3.63) is 41.2 Å². The fourth-order valence-electron chi connectivity index (χ4n) is 1.83. The first-order chi connectivity index (χ1) is 10.7. The topological polar surface area (TPSA) is 68.0 Å². The summed E-state index contributed by atoms with van der Waals surface area (Å²) in [6, 6.07) is 6.32. The molecule has 1 amide bonds. The van der Waals surface area contributed by atoms with Crippen LogP contribution >= 0.6 is 34.4 Å². The molecule has 4 nitrogen and oxygen atoms in total. The lowest BCUT2D eigenvalue weighted by atomic mass is 10.2. The molecular formula is C14H12FN3OS3. The summed E-state index contributed by atoms with van der Waals surface area (Å²) in [5.41, 5.74) is 5.83. The minimum Gasteiger partial charge on any atom is -0.330 e. The van der Waals surface area contributed by atoms with Gasteiger partial charge in [0.1, 0.15) is 11.5 Å². The van der Waals surface area contributed by atoms with E-state index in [4.69, 9.17) is 5.73 Å². The van der Waals surface area contributed by atoms with Gasteiger partial charge in [-0.05, 0) is 29.7 Å². The Balaban J connectivity index is 1.73. The molecule has 2 heterocycles. The molecule has 3 aromatic rings. The predicted molar refractivity (Wildman–Crippen MR) is 91.6 cm³/mol. The second-order valence-electron chi connectivity index (χ2n) is 4.38. The molecule has 0 fully saturated rings. The van der Waals surface area contributed by atoms with E-state index >= 15 is 0 Å². The average Bonchev–Trinajstić information content (AvgIpc) is 3.10. The lowest BCUT2D eigenvalue weighted by Gasteiger charge is -1.98. The van der Waals surface area contributed by atoms with Gasteiger partial charge in [-0.2, -0.15) is 0 Å². The van der Waals surface area contributed by atoms with Crippen molar-refractivity contribution in [3.63, 3.8) is 0 Å². The van der Waals surface area contributed by atoms with E-state index in [9.17, 15) is 9.18 Å². The van der Waals surface area contributed by atoms with Gasteiger partial charge in [-0.1, -0.05) is 11.8 Å². The van der Waals surface area contributed by atoms with Gasteiger partial charge < -0.3 is 11.1 Å². The molecule has 3 rings (SSSR count). The number of nitrogens with one attached hydrogen (secondary N) is 1. The van der Waals surface area contributed by atoms with Crippen LogP contribution in [0.2, 0.25) is 0 Å². The highest BCUT2D eigenvalue weighted by atomic mass is 32.2. The fourth-order valence-corrected chi connectivity index (χ4v) is 4.41. The molecule has 3 N–H and O–H groups in total. The van der Waals surface area contributed by atoms with E-state index in [0.717, 1.165) is 20.2 Å². The van der Waals surface area contributed by atoms with Crippen molar-refractivity contribution in [2.75, 3.05) is 17.6 Å². The minimum absolute atomic E-state index is 0.261. The maximum Gasteiger partial charge on any atom is 0.275 e. The van der Waals surface area contributed by atoms with E-state index in [1.165, 1.54) is 46.6 Å². The maximum atomic E-state index is 13.2. The highest BCUT2D eigenvalue weighted by Crippen LogP contribution is 2.30. The number of thiazole rings is 1. The van der Waals surface area contributed by atoms with E-state index in [0.29, 0.717) is 17.2 Å². The van der Waals surface area contributed by atoms with Crippen molar-refractivity contribution in [1.82, 2.24) is 4.98 Å². The number of anilines is 1. The first kappa shape index (κ1) is 15.4. The van der Waals surface area contributed by atoms with Gasteiger partial charge in [0.2, 0.25) is 0 Å². The Hall–Kier alpha value is -1.48. The molecule has 0 aliphatic carbocycles. The van der Waals surface area contributed by atoms with Crippen LogP contribution in [0.15, 0.2) is 34.0 Å². The number of thioether (sulfide) groups is 1. The summed E-state index contributed by atoms with van der Waals surface area (Å²) in [6.07, 6.45) is 0. The zero-order valence-electron chi connectivity index (χ0n) is 11.3. The summed E-state index contributed by atoms with van der Waals surface area (Å²) in [5, 5.41) is 5.98. The molecular weight excluding hydrogens is 341 g/mol. The quantitative estimate of drug-likeness (QED) is 0.685. The van der Waals surface area contributed by atoms with Gasteiger partial charge in [-0.3, -0.25) is 4.79 Å². The molecule has 0 atom stereocenters. The van der Waals surface area contributed by atoms with E-state index in [-0.39, 0.29) is 11.7 Å². The largest absolute Gasteiger partial charge is 0.330 e. The van der Waals surface area contributed by atoms with Gasteiger partial charge in [0.15, 0.2) is 4.34 Å². The third-order valence-electron chi connectivity index (χ3n) is 2.77. The number of carbonyl (C=O) groups excluding carboxylic acids is 1. The zero-order valence-corrected chi connectivity index (χ0v) is 13.8. The summed E-state index contributed by atoms with van der Waals surface area (Å²) in [6.45, 7) is 0.574. The summed E-state index contributed by atoms with van der Waals surface area (Å²) in [7, 11) is 0. The average molecular weight is 353 g/mol. The monoisotopic (exact) mass is 353 g/mol. The maximum absolute atomic E-state index is 13.2. The van der Waals surface area contributed by atoms with Gasteiger partial charge in [0.25, 0.3) is 5.91 Å². The van der Waals surface area contributed by atoms with Crippen molar-refractivity contribution in [1.29, 1.82) is 0 Å². The lowest BCUT2D eigenvalue weighted by molar-refractivity contribution is 0.102. The third-order valence-corrected chi connectivity index (χ3v) is 5.86. The van der Waals surface area contributed by atoms with Crippen LogP contribution in [-0.2, 0) is 0 Å². The Bertz CT molecular complexity index is 815. The van der Waals surface area contributed by atoms with Crippen LogP contribution in [-0.4, -0.2) is 23.2 Å². The Morgan fingerprint density at radius 2 is 2.27 bits per heavy atom. The highest BCUT2D eigenvalue weighted by molar-refractivity contribution is 8.01. The van der Waals surface area contributed by atoms with Crippen molar-refractivity contribution >= 4 is 55.4 Å². The second kappa shape index (κ2) is 6.74. The van der Waals surface area contributed by atoms with Crippen LogP contribution in [0, 0.1) is 5.82 Å². The van der Waals surface area contributed by atoms with E-state index in [1.54, 1.807) is 17.5 Å². The molecule has 0 aliphatic heterocycles. The molecule has 1 aromatic carbocycles. The summed E-state index contributed by atoms with van der Waals surface area (Å²) >= 11 is 4.36. The molecule has 0 aliphatic rings. The fraction of sp³-hybridized carbons (Fsp3) is 0.143. The predicted octanol–water partition coefficient (Wildman–Crippen LogP) is 3.80. The molecule has 0 radical (unpaired) electrons. The smallest absolute Gasteiger partial charge is 0.275 e. The number of aromatic nitrogens is 1. The van der Waals surface area contributed by atoms with Gasteiger partial charge in [-0.25, -0.2) is 9.37 Å². The molecule has 8 heteroatoms. The zero-order chi connectivity index (χ0) is 15.5. The van der Waals surface area contributed by atoms with E-state index < -0.39 is 0 Å². The molecule has 0 saturated carbocycles. The van der Waals surface area contributed by atoms with Crippen LogP contribution in [0.5, 0.6) is 0 Å². The van der Waals surface area contributed by atoms with Gasteiger partial charge in [0, 0.05) is 22.4 Å². The number of thiophene rings is 1. The second-order valence-corrected chi connectivity index (χ2v) is 7.67. The number of hydrogen-bond acceptors (Lipinski definition) is 6. The lowest BCUT2D eigenvalue weighted by Crippen LogP contribution is -2.11. The number of halogens is 1. The van der Waals surface area contributed by atoms with Crippen LogP contribution < -0.4 is 11.1 Å². The molecule has 0 bridgehead atoms. The molecule has 0 spiro atoms. The van der Waals surface area contributed by atoms with Crippen molar-refractivity contribution in [2.24, 2.45) is 5.73 Å². The van der Waals surface area contributed by atoms with Gasteiger partial charge in [0.05, 0.1) is 5.00 Å². The van der Waals surface area contributed by atoms with Crippen molar-refractivity contribution in [3.8, 4) is 0 Å². The number of nitrogens with zero attached hydrogens (tertiary/aromatic N) is 1. The number of carbonyl (C=O) groups is 1. The summed E-state index contributed by atoms with van der Waals surface area (Å²) < 4.78 is 14.9. The number of nitrogens with two attached hydrogens (primary N) is 1. The van der Waals surface area contributed by atoms with Crippen LogP contribution in [0.25, 0.3) is 10.1 Å².